The average molecular weight is 212 g/mol. The van der Waals surface area contributed by atoms with E-state index in [4.69, 9.17) is 0 Å². The van der Waals surface area contributed by atoms with Crippen LogP contribution in [-0.4, -0.2) is 0 Å². The van der Waals surface area contributed by atoms with Crippen molar-refractivity contribution in [2.24, 2.45) is 0 Å². The van der Waals surface area contributed by atoms with Crippen molar-refractivity contribution < 1.29 is 0 Å². The van der Waals surface area contributed by atoms with Gasteiger partial charge < -0.3 is 10.6 Å². The number of rotatable bonds is 0. The summed E-state index contributed by atoms with van der Waals surface area (Å²) >= 11 is 0. The largest absolute Gasteiger partial charge is 0.341 e. The summed E-state index contributed by atoms with van der Waals surface area (Å²) in [5, 5.41) is 8.90. The Labute approximate surface area is 96.0 Å². The molecule has 3 rings (SSSR count). The van der Waals surface area contributed by atoms with Crippen LogP contribution >= 0.6 is 0 Å². The maximum Gasteiger partial charge on any atom is 0.100 e. The second kappa shape index (κ2) is 4.27. The summed E-state index contributed by atoms with van der Waals surface area (Å²) in [5.41, 5.74) is 2.24. The molecule has 0 fully saturated rings. The zero-order valence-corrected chi connectivity index (χ0v) is 9.67. The molecule has 2 N–H and O–H groups in total. The number of benzene rings is 2. The molecular weight excluding hydrogens is 196 g/mol. The minimum Gasteiger partial charge on any atom is -0.341 e. The third-order valence-corrected chi connectivity index (χ3v) is 2.49. The van der Waals surface area contributed by atoms with Gasteiger partial charge in [0.25, 0.3) is 0 Å². The first kappa shape index (κ1) is 10.6. The van der Waals surface area contributed by atoms with E-state index in [9.17, 15) is 0 Å². The number of anilines is 2. The van der Waals surface area contributed by atoms with Gasteiger partial charge in [-0.15, -0.1) is 0 Å². The molecule has 1 aliphatic rings. The molecule has 2 aromatic carbocycles. The van der Waals surface area contributed by atoms with E-state index in [0.717, 1.165) is 17.2 Å². The second-order valence-corrected chi connectivity index (χ2v) is 3.44. The normalized spacial score (nSPS) is 12.2. The van der Waals surface area contributed by atoms with Crippen molar-refractivity contribution >= 4 is 22.1 Å². The van der Waals surface area contributed by atoms with Gasteiger partial charge in [0.2, 0.25) is 0 Å². The van der Waals surface area contributed by atoms with Crippen molar-refractivity contribution in [3.8, 4) is 0 Å². The highest BCUT2D eigenvalue weighted by molar-refractivity contribution is 6.03. The van der Waals surface area contributed by atoms with E-state index in [-0.39, 0.29) is 0 Å². The molecule has 0 amide bonds. The Morgan fingerprint density at radius 3 is 2.50 bits per heavy atom. The lowest BCUT2D eigenvalue weighted by Gasteiger charge is -2.03. The Morgan fingerprint density at radius 2 is 1.69 bits per heavy atom. The minimum absolute atomic E-state index is 0.844. The molecule has 0 aliphatic carbocycles. The van der Waals surface area contributed by atoms with Crippen LogP contribution in [0, 0.1) is 0 Å². The summed E-state index contributed by atoms with van der Waals surface area (Å²) in [6, 6.07) is 12.5. The van der Waals surface area contributed by atoms with E-state index in [1.807, 2.05) is 26.0 Å². The Kier molecular flexibility index (Phi) is 2.82. The van der Waals surface area contributed by atoms with Crippen LogP contribution in [0.25, 0.3) is 10.8 Å². The van der Waals surface area contributed by atoms with Gasteiger partial charge in [0.15, 0.2) is 0 Å². The average Bonchev–Trinajstić information content (AvgIpc) is 2.72. The first-order valence-electron chi connectivity index (χ1n) is 5.59. The molecule has 2 nitrogen and oxygen atoms in total. The Morgan fingerprint density at radius 1 is 0.938 bits per heavy atom. The van der Waals surface area contributed by atoms with Crippen molar-refractivity contribution in [1.82, 2.24) is 0 Å². The molecule has 0 saturated carbocycles. The molecule has 0 bridgehead atoms. The van der Waals surface area contributed by atoms with Crippen molar-refractivity contribution in [2.75, 3.05) is 10.6 Å². The molecule has 16 heavy (non-hydrogen) atoms. The van der Waals surface area contributed by atoms with Gasteiger partial charge in [-0.2, -0.15) is 0 Å². The highest BCUT2D eigenvalue weighted by Crippen LogP contribution is 2.36. The third-order valence-electron chi connectivity index (χ3n) is 2.49. The molecule has 0 atom stereocenters. The minimum atomic E-state index is 0.844. The van der Waals surface area contributed by atoms with Gasteiger partial charge >= 0.3 is 0 Å². The topological polar surface area (TPSA) is 24.1 Å². The zero-order valence-electron chi connectivity index (χ0n) is 9.67. The molecule has 82 valence electrons. The fraction of sp³-hybridized carbons (Fsp3) is 0.143. The van der Waals surface area contributed by atoms with Crippen molar-refractivity contribution in [3.63, 3.8) is 0 Å². The van der Waals surface area contributed by atoms with Crippen LogP contribution in [-0.2, 0) is 0 Å². The van der Waals surface area contributed by atoms with E-state index in [1.165, 1.54) is 10.8 Å². The lowest BCUT2D eigenvalue weighted by molar-refractivity contribution is 1.50. The van der Waals surface area contributed by atoms with E-state index in [0.29, 0.717) is 0 Å². The van der Waals surface area contributed by atoms with Crippen LogP contribution in [0.3, 0.4) is 0 Å². The quantitative estimate of drug-likeness (QED) is 0.684. The first-order chi connectivity index (χ1) is 7.84. The van der Waals surface area contributed by atoms with Crippen LogP contribution in [0.5, 0.6) is 0 Å². The molecule has 1 heterocycles. The molecule has 0 aromatic heterocycles. The van der Waals surface area contributed by atoms with E-state index in [2.05, 4.69) is 41.5 Å². The van der Waals surface area contributed by atoms with Gasteiger partial charge in [-0.25, -0.2) is 0 Å². The number of nitrogens with one attached hydrogen (secondary N) is 2. The maximum atomic E-state index is 3.85. The van der Waals surface area contributed by atoms with Crippen molar-refractivity contribution in [1.29, 1.82) is 0 Å². The van der Waals surface area contributed by atoms with Crippen LogP contribution < -0.4 is 10.6 Å². The standard InChI is InChI=1S/C12H10N2.C2H6/c1-8-13-11-7-6-9-4-2-3-5-10(9)12(11)14-8;1-2/h2-7,13-14H,1H2;1-2H3. The molecule has 1 aliphatic heterocycles. The predicted octanol–water partition coefficient (Wildman–Crippen LogP) is 4.17. The number of hydrogen-bond donors (Lipinski definition) is 2. The first-order valence-corrected chi connectivity index (χ1v) is 5.59. The van der Waals surface area contributed by atoms with Gasteiger partial charge in [0.1, 0.15) is 5.82 Å². The third kappa shape index (κ3) is 1.63. The van der Waals surface area contributed by atoms with Crippen molar-refractivity contribution in [3.05, 3.63) is 48.8 Å². The molecule has 0 unspecified atom stereocenters. The number of hydrogen-bond acceptors (Lipinski definition) is 2. The second-order valence-electron chi connectivity index (χ2n) is 3.44. The summed E-state index contributed by atoms with van der Waals surface area (Å²) in [6.45, 7) is 7.85. The van der Waals surface area contributed by atoms with Gasteiger partial charge in [-0.05, 0) is 11.5 Å². The highest BCUT2D eigenvalue weighted by atomic mass is 15.2. The van der Waals surface area contributed by atoms with Gasteiger partial charge in [-0.3, -0.25) is 0 Å². The fourth-order valence-corrected chi connectivity index (χ4v) is 1.86. The van der Waals surface area contributed by atoms with E-state index >= 15 is 0 Å². The Bertz CT molecular complexity index is 529. The smallest absolute Gasteiger partial charge is 0.100 e. The summed E-state index contributed by atoms with van der Waals surface area (Å²) in [7, 11) is 0. The molecule has 2 aromatic rings. The van der Waals surface area contributed by atoms with Crippen LogP contribution in [0.15, 0.2) is 48.8 Å². The zero-order chi connectivity index (χ0) is 11.5. The lowest BCUT2D eigenvalue weighted by Crippen LogP contribution is -1.94. The Balaban J connectivity index is 0.000000457. The monoisotopic (exact) mass is 212 g/mol. The summed E-state index contributed by atoms with van der Waals surface area (Å²) in [4.78, 5) is 0. The predicted molar refractivity (Wildman–Crippen MR) is 71.7 cm³/mol. The van der Waals surface area contributed by atoms with Gasteiger partial charge in [-0.1, -0.05) is 50.8 Å². The Hall–Kier alpha value is -1.96. The summed E-state index contributed by atoms with van der Waals surface area (Å²) in [6.07, 6.45) is 0. The summed E-state index contributed by atoms with van der Waals surface area (Å²) < 4.78 is 0. The van der Waals surface area contributed by atoms with Crippen LogP contribution in [0.1, 0.15) is 13.8 Å². The number of fused-ring (bicyclic) bond motifs is 3. The molecule has 0 spiro atoms. The van der Waals surface area contributed by atoms with Crippen molar-refractivity contribution in [2.45, 2.75) is 13.8 Å². The van der Waals surface area contributed by atoms with Crippen LogP contribution in [0.2, 0.25) is 0 Å². The highest BCUT2D eigenvalue weighted by Gasteiger charge is 2.14. The lowest BCUT2D eigenvalue weighted by atomic mass is 10.1. The molecule has 2 heteroatoms. The molecular formula is C14H16N2. The summed E-state index contributed by atoms with van der Waals surface area (Å²) in [5.74, 6) is 0.844. The van der Waals surface area contributed by atoms with E-state index in [1.54, 1.807) is 0 Å². The fourth-order valence-electron chi connectivity index (χ4n) is 1.86. The van der Waals surface area contributed by atoms with Gasteiger partial charge in [0, 0.05) is 5.39 Å². The van der Waals surface area contributed by atoms with E-state index < -0.39 is 0 Å². The maximum absolute atomic E-state index is 3.85. The van der Waals surface area contributed by atoms with Gasteiger partial charge in [0.05, 0.1) is 11.4 Å². The SMILES string of the molecule is C=C1Nc2ccc3ccccc3c2N1.CC. The molecule has 0 radical (unpaired) electrons. The molecule has 0 saturated heterocycles. The van der Waals surface area contributed by atoms with Crippen LogP contribution in [0.4, 0.5) is 11.4 Å².